The average Bonchev–Trinajstić information content (AvgIpc) is 3.11. The minimum atomic E-state index is 0.119. The van der Waals surface area contributed by atoms with Crippen molar-refractivity contribution in [3.05, 3.63) is 47.5 Å². The molecule has 2 aromatic rings. The quantitative estimate of drug-likeness (QED) is 0.850. The Hall–Kier alpha value is -2.21. The number of pyridine rings is 1. The largest absolute Gasteiger partial charge is 0.340 e. The van der Waals surface area contributed by atoms with E-state index in [2.05, 4.69) is 32.9 Å². The summed E-state index contributed by atoms with van der Waals surface area (Å²) in [5.41, 5.74) is 3.57. The molecule has 4 heterocycles. The van der Waals surface area contributed by atoms with Crippen molar-refractivity contribution in [1.82, 2.24) is 24.6 Å². The first-order chi connectivity index (χ1) is 12.2. The Morgan fingerprint density at radius 2 is 2.00 bits per heavy atom. The molecule has 6 heteroatoms. The van der Waals surface area contributed by atoms with Gasteiger partial charge in [0.15, 0.2) is 0 Å². The first kappa shape index (κ1) is 16.3. The van der Waals surface area contributed by atoms with Gasteiger partial charge in [-0.25, -0.2) is 0 Å². The lowest BCUT2D eigenvalue weighted by Crippen LogP contribution is -2.50. The standard InChI is InChI=1S/C19H25N5O/c1-15-3-2-6-20-18(15)14-22-9-11-23(12-10-22)19(25)16-5-8-24-17(13-16)4-7-21-24/h2-4,6-7,16H,5,8-14H2,1H3. The number of hydrogen-bond acceptors (Lipinski definition) is 4. The van der Waals surface area contributed by atoms with Crippen LogP contribution in [-0.2, 0) is 24.3 Å². The van der Waals surface area contributed by atoms with Gasteiger partial charge in [-0.3, -0.25) is 19.4 Å². The lowest BCUT2D eigenvalue weighted by atomic mass is 9.94. The van der Waals surface area contributed by atoms with Crippen molar-refractivity contribution >= 4 is 5.91 Å². The van der Waals surface area contributed by atoms with Gasteiger partial charge in [0.2, 0.25) is 5.91 Å². The molecule has 1 amide bonds. The molecule has 25 heavy (non-hydrogen) atoms. The minimum absolute atomic E-state index is 0.119. The second-order valence-corrected chi connectivity index (χ2v) is 7.10. The van der Waals surface area contributed by atoms with Crippen molar-refractivity contribution in [2.75, 3.05) is 26.2 Å². The molecule has 1 unspecified atom stereocenters. The number of piperazine rings is 1. The van der Waals surface area contributed by atoms with Gasteiger partial charge < -0.3 is 4.90 Å². The summed E-state index contributed by atoms with van der Waals surface area (Å²) in [7, 11) is 0. The van der Waals surface area contributed by atoms with Gasteiger partial charge >= 0.3 is 0 Å². The molecule has 0 aliphatic carbocycles. The number of nitrogens with zero attached hydrogens (tertiary/aromatic N) is 5. The maximum atomic E-state index is 12.9. The summed E-state index contributed by atoms with van der Waals surface area (Å²) < 4.78 is 2.02. The van der Waals surface area contributed by atoms with Gasteiger partial charge in [0.25, 0.3) is 0 Å². The van der Waals surface area contributed by atoms with Gasteiger partial charge in [-0.15, -0.1) is 0 Å². The van der Waals surface area contributed by atoms with E-state index in [1.165, 1.54) is 11.3 Å². The summed E-state index contributed by atoms with van der Waals surface area (Å²) in [5.74, 6) is 0.440. The van der Waals surface area contributed by atoms with Gasteiger partial charge in [0, 0.05) is 69.7 Å². The number of carbonyl (C=O) groups is 1. The van der Waals surface area contributed by atoms with Crippen molar-refractivity contribution in [3.8, 4) is 0 Å². The first-order valence-electron chi connectivity index (χ1n) is 9.13. The van der Waals surface area contributed by atoms with E-state index in [-0.39, 0.29) is 5.92 Å². The van der Waals surface area contributed by atoms with Crippen LogP contribution in [0.25, 0.3) is 0 Å². The van der Waals surface area contributed by atoms with E-state index < -0.39 is 0 Å². The third kappa shape index (κ3) is 3.44. The molecule has 1 fully saturated rings. The number of amides is 1. The summed E-state index contributed by atoms with van der Waals surface area (Å²) in [6, 6.07) is 6.12. The van der Waals surface area contributed by atoms with E-state index in [4.69, 9.17) is 0 Å². The molecule has 2 aromatic heterocycles. The normalized spacial score (nSPS) is 21.2. The molecule has 2 aliphatic heterocycles. The van der Waals surface area contributed by atoms with Crippen LogP contribution in [0.1, 0.15) is 23.4 Å². The lowest BCUT2D eigenvalue weighted by molar-refractivity contribution is -0.138. The monoisotopic (exact) mass is 339 g/mol. The molecule has 0 spiro atoms. The number of fused-ring (bicyclic) bond motifs is 1. The number of carbonyl (C=O) groups excluding carboxylic acids is 1. The maximum Gasteiger partial charge on any atom is 0.226 e. The highest BCUT2D eigenvalue weighted by molar-refractivity contribution is 5.79. The fourth-order valence-corrected chi connectivity index (χ4v) is 3.86. The van der Waals surface area contributed by atoms with Crippen molar-refractivity contribution < 1.29 is 4.79 Å². The van der Waals surface area contributed by atoms with E-state index in [1.54, 1.807) is 0 Å². The number of rotatable bonds is 3. The number of hydrogen-bond donors (Lipinski definition) is 0. The zero-order chi connectivity index (χ0) is 17.2. The van der Waals surface area contributed by atoms with Crippen molar-refractivity contribution in [2.45, 2.75) is 32.9 Å². The average molecular weight is 339 g/mol. The summed E-state index contributed by atoms with van der Waals surface area (Å²) in [6.45, 7) is 7.32. The molecule has 1 atom stereocenters. The van der Waals surface area contributed by atoms with E-state index in [1.807, 2.05) is 29.2 Å². The van der Waals surface area contributed by atoms with Crippen LogP contribution in [0.3, 0.4) is 0 Å². The van der Waals surface area contributed by atoms with Crippen LogP contribution in [-0.4, -0.2) is 56.7 Å². The first-order valence-corrected chi connectivity index (χ1v) is 9.13. The molecular weight excluding hydrogens is 314 g/mol. The van der Waals surface area contributed by atoms with Crippen LogP contribution in [0, 0.1) is 12.8 Å². The lowest BCUT2D eigenvalue weighted by Gasteiger charge is -2.37. The molecule has 2 aliphatic rings. The highest BCUT2D eigenvalue weighted by Crippen LogP contribution is 2.22. The minimum Gasteiger partial charge on any atom is -0.340 e. The van der Waals surface area contributed by atoms with Gasteiger partial charge in [-0.1, -0.05) is 6.07 Å². The van der Waals surface area contributed by atoms with Crippen LogP contribution in [0.2, 0.25) is 0 Å². The Bertz CT molecular complexity index is 748. The summed E-state index contributed by atoms with van der Waals surface area (Å²) in [4.78, 5) is 21.8. The second kappa shape index (κ2) is 6.96. The van der Waals surface area contributed by atoms with Crippen molar-refractivity contribution in [3.63, 3.8) is 0 Å². The van der Waals surface area contributed by atoms with E-state index in [0.29, 0.717) is 5.91 Å². The highest BCUT2D eigenvalue weighted by atomic mass is 16.2. The number of aryl methyl sites for hydroxylation is 2. The van der Waals surface area contributed by atoms with Crippen LogP contribution < -0.4 is 0 Å². The van der Waals surface area contributed by atoms with E-state index in [0.717, 1.165) is 57.8 Å². The second-order valence-electron chi connectivity index (χ2n) is 7.10. The van der Waals surface area contributed by atoms with Gasteiger partial charge in [-0.05, 0) is 31.0 Å². The Labute approximate surface area is 148 Å². The van der Waals surface area contributed by atoms with Crippen LogP contribution >= 0.6 is 0 Å². The molecule has 0 saturated carbocycles. The molecule has 0 N–H and O–H groups in total. The molecule has 0 aromatic carbocycles. The summed E-state index contributed by atoms with van der Waals surface area (Å²) in [5, 5.41) is 4.30. The molecule has 0 bridgehead atoms. The van der Waals surface area contributed by atoms with Crippen molar-refractivity contribution in [2.24, 2.45) is 5.92 Å². The topological polar surface area (TPSA) is 54.3 Å². The molecule has 4 rings (SSSR count). The Morgan fingerprint density at radius 1 is 1.16 bits per heavy atom. The van der Waals surface area contributed by atoms with Gasteiger partial charge in [0.1, 0.15) is 0 Å². The Morgan fingerprint density at radius 3 is 2.80 bits per heavy atom. The van der Waals surface area contributed by atoms with Crippen molar-refractivity contribution in [1.29, 1.82) is 0 Å². The SMILES string of the molecule is Cc1cccnc1CN1CCN(C(=O)C2CCn3nccc3C2)CC1. The van der Waals surface area contributed by atoms with Crippen LogP contribution in [0.5, 0.6) is 0 Å². The van der Waals surface area contributed by atoms with E-state index >= 15 is 0 Å². The van der Waals surface area contributed by atoms with Crippen LogP contribution in [0.15, 0.2) is 30.6 Å². The smallest absolute Gasteiger partial charge is 0.226 e. The number of aromatic nitrogens is 3. The zero-order valence-corrected chi connectivity index (χ0v) is 14.8. The zero-order valence-electron chi connectivity index (χ0n) is 14.8. The summed E-state index contributed by atoms with van der Waals surface area (Å²) in [6.07, 6.45) is 5.42. The van der Waals surface area contributed by atoms with Crippen LogP contribution in [0.4, 0.5) is 0 Å². The van der Waals surface area contributed by atoms with E-state index in [9.17, 15) is 4.79 Å². The predicted molar refractivity (Wildman–Crippen MR) is 94.9 cm³/mol. The fraction of sp³-hybridized carbons (Fsp3) is 0.526. The molecular formula is C19H25N5O. The Balaban J connectivity index is 1.31. The third-order valence-electron chi connectivity index (χ3n) is 5.47. The predicted octanol–water partition coefficient (Wildman–Crippen LogP) is 1.49. The van der Waals surface area contributed by atoms with Gasteiger partial charge in [-0.2, -0.15) is 5.10 Å². The Kier molecular flexibility index (Phi) is 4.53. The highest BCUT2D eigenvalue weighted by Gasteiger charge is 2.30. The summed E-state index contributed by atoms with van der Waals surface area (Å²) >= 11 is 0. The van der Waals surface area contributed by atoms with Gasteiger partial charge in [0.05, 0.1) is 5.69 Å². The molecule has 1 saturated heterocycles. The molecule has 0 radical (unpaired) electrons. The fourth-order valence-electron chi connectivity index (χ4n) is 3.86. The maximum absolute atomic E-state index is 12.9. The molecule has 6 nitrogen and oxygen atoms in total. The third-order valence-corrected chi connectivity index (χ3v) is 5.47. The molecule has 132 valence electrons.